The van der Waals surface area contributed by atoms with Crippen molar-refractivity contribution in [2.45, 2.75) is 212 Å². The van der Waals surface area contributed by atoms with E-state index >= 15 is 0 Å². The summed E-state index contributed by atoms with van der Waals surface area (Å²) in [7, 11) is -4.71. The van der Waals surface area contributed by atoms with Crippen LogP contribution in [-0.2, 0) is 37.5 Å². The number of rotatable bonds is 42. The molecule has 0 saturated carbocycles. The van der Waals surface area contributed by atoms with Gasteiger partial charge in [0.2, 0.25) is 0 Å². The minimum Gasteiger partial charge on any atom is -0.480 e. The van der Waals surface area contributed by atoms with Crippen LogP contribution in [0.15, 0.2) is 36.5 Å². The number of aliphatic carboxylic acids is 1. The van der Waals surface area contributed by atoms with E-state index in [1.54, 1.807) is 0 Å². The highest BCUT2D eigenvalue weighted by Crippen LogP contribution is 2.43. The number of esters is 2. The first kappa shape index (κ1) is 54.7. The number of allylic oxidation sites excluding steroid dienone is 6. The highest BCUT2D eigenvalue weighted by molar-refractivity contribution is 7.47. The van der Waals surface area contributed by atoms with Gasteiger partial charge in [-0.1, -0.05) is 179 Å². The Morgan fingerprint density at radius 1 is 0.561 bits per heavy atom. The third-order valence-electron chi connectivity index (χ3n) is 9.65. The molecule has 0 aliphatic rings. The van der Waals surface area contributed by atoms with Crippen LogP contribution in [0.4, 0.5) is 0 Å². The van der Waals surface area contributed by atoms with E-state index in [2.05, 4.69) is 54.8 Å². The summed E-state index contributed by atoms with van der Waals surface area (Å²) in [4.78, 5) is 46.0. The van der Waals surface area contributed by atoms with Gasteiger partial charge in [-0.2, -0.15) is 0 Å². The van der Waals surface area contributed by atoms with Gasteiger partial charge in [0.05, 0.1) is 13.2 Å². The van der Waals surface area contributed by atoms with E-state index in [1.165, 1.54) is 96.3 Å². The highest BCUT2D eigenvalue weighted by atomic mass is 31.2. The summed E-state index contributed by atoms with van der Waals surface area (Å²) in [5.41, 5.74) is 5.34. The monoisotopic (exact) mass is 828 g/mol. The van der Waals surface area contributed by atoms with Crippen LogP contribution in [0.1, 0.15) is 200 Å². The van der Waals surface area contributed by atoms with E-state index in [0.717, 1.165) is 64.2 Å². The molecule has 0 aromatic heterocycles. The summed E-state index contributed by atoms with van der Waals surface area (Å²) < 4.78 is 32.7. The van der Waals surface area contributed by atoms with Gasteiger partial charge in [-0.3, -0.25) is 23.4 Å². The number of carboxylic acids is 1. The van der Waals surface area contributed by atoms with Gasteiger partial charge in [0.15, 0.2) is 6.10 Å². The molecule has 0 spiro atoms. The van der Waals surface area contributed by atoms with Crippen molar-refractivity contribution in [2.24, 2.45) is 5.73 Å². The molecule has 0 amide bonds. The van der Waals surface area contributed by atoms with Crippen molar-refractivity contribution in [3.05, 3.63) is 36.5 Å². The number of phosphoric ester groups is 1. The summed E-state index contributed by atoms with van der Waals surface area (Å²) in [6.45, 7) is 2.70. The van der Waals surface area contributed by atoms with Crippen molar-refractivity contribution >= 4 is 25.7 Å². The van der Waals surface area contributed by atoms with Gasteiger partial charge in [0, 0.05) is 12.8 Å². The predicted molar refractivity (Wildman–Crippen MR) is 231 cm³/mol. The summed E-state index contributed by atoms with van der Waals surface area (Å²) >= 11 is 0. The molecule has 0 aliphatic carbocycles. The number of hydrogen-bond donors (Lipinski definition) is 3. The second kappa shape index (κ2) is 40.5. The van der Waals surface area contributed by atoms with E-state index in [4.69, 9.17) is 24.8 Å². The molecule has 0 fully saturated rings. The summed E-state index contributed by atoms with van der Waals surface area (Å²) in [5.74, 6) is -2.38. The van der Waals surface area contributed by atoms with Crippen molar-refractivity contribution in [1.82, 2.24) is 0 Å². The van der Waals surface area contributed by atoms with Crippen molar-refractivity contribution in [3.63, 3.8) is 0 Å². The fraction of sp³-hybridized carbons (Fsp3) is 0.800. The Bertz CT molecular complexity index is 1110. The predicted octanol–water partition coefficient (Wildman–Crippen LogP) is 12.0. The molecular formula is C45H82NO10P. The molecule has 0 heterocycles. The molecule has 12 heteroatoms. The van der Waals surface area contributed by atoms with Gasteiger partial charge >= 0.3 is 25.7 Å². The first-order valence-electron chi connectivity index (χ1n) is 22.5. The van der Waals surface area contributed by atoms with Crippen molar-refractivity contribution in [2.75, 3.05) is 19.8 Å². The van der Waals surface area contributed by atoms with Crippen molar-refractivity contribution in [3.8, 4) is 0 Å². The Kier molecular flexibility index (Phi) is 38.8. The second-order valence-corrected chi connectivity index (χ2v) is 16.6. The van der Waals surface area contributed by atoms with E-state index in [9.17, 15) is 23.8 Å². The van der Waals surface area contributed by atoms with Gasteiger partial charge in [-0.05, 0) is 44.9 Å². The van der Waals surface area contributed by atoms with Crippen LogP contribution in [0.2, 0.25) is 0 Å². The Balaban J connectivity index is 4.30. The number of phosphoric acid groups is 1. The first-order valence-corrected chi connectivity index (χ1v) is 24.0. The molecule has 3 atom stereocenters. The quantitative estimate of drug-likeness (QED) is 0.0231. The van der Waals surface area contributed by atoms with E-state index < -0.39 is 51.1 Å². The average Bonchev–Trinajstić information content (AvgIpc) is 3.19. The molecule has 0 bridgehead atoms. The molecule has 0 saturated heterocycles. The number of carbonyl (C=O) groups excluding carboxylic acids is 2. The number of ether oxygens (including phenoxy) is 2. The van der Waals surface area contributed by atoms with Crippen molar-refractivity contribution in [1.29, 1.82) is 0 Å². The SMILES string of the molecule is CC/C=C\C/C=C\C/C=C\CCCCCCCCCCCC(=O)OC[C@H](COP(=O)(O)OC[C@H](N)C(=O)O)OC(=O)CCCCCCCCCCCCCCCC. The second-order valence-electron chi connectivity index (χ2n) is 15.2. The summed E-state index contributed by atoms with van der Waals surface area (Å²) in [6.07, 6.45) is 43.4. The zero-order valence-electron chi connectivity index (χ0n) is 35.9. The maximum absolute atomic E-state index is 12.6. The standard InChI is InChI=1S/C45H82NO10P/c1-3-5-7-9-11-13-15-17-19-20-21-22-23-25-26-28-30-32-34-36-43(47)53-38-41(39-54-57(51,52)55-40-42(46)45(49)50)56-44(48)37-35-33-31-29-27-24-18-16-14-12-10-8-6-4-2/h5,7,11,13,17,19,41-42H,3-4,6,8-10,12,14-16,18,20-40,46H2,1-2H3,(H,49,50)(H,51,52)/b7-5-,13-11-,19-17-/t41-,42+/m1/s1. The largest absolute Gasteiger partial charge is 0.480 e. The lowest BCUT2D eigenvalue weighted by Gasteiger charge is -2.20. The Labute approximate surface area is 346 Å². The molecule has 57 heavy (non-hydrogen) atoms. The van der Waals surface area contributed by atoms with Gasteiger partial charge in [-0.25, -0.2) is 4.57 Å². The minimum absolute atomic E-state index is 0.163. The molecule has 11 nitrogen and oxygen atoms in total. The van der Waals surface area contributed by atoms with Gasteiger partial charge in [0.1, 0.15) is 12.6 Å². The van der Waals surface area contributed by atoms with Crippen LogP contribution >= 0.6 is 7.82 Å². The Morgan fingerprint density at radius 2 is 0.982 bits per heavy atom. The molecule has 1 unspecified atom stereocenters. The average molecular weight is 828 g/mol. The summed E-state index contributed by atoms with van der Waals surface area (Å²) in [6, 6.07) is -1.52. The van der Waals surface area contributed by atoms with Crippen LogP contribution in [0, 0.1) is 0 Å². The van der Waals surface area contributed by atoms with Crippen molar-refractivity contribution < 1.29 is 47.5 Å². The smallest absolute Gasteiger partial charge is 0.472 e. The third-order valence-corrected chi connectivity index (χ3v) is 10.6. The zero-order valence-corrected chi connectivity index (χ0v) is 36.8. The normalized spacial score (nSPS) is 14.0. The molecule has 332 valence electrons. The number of nitrogens with two attached hydrogens (primary N) is 1. The van der Waals surface area contributed by atoms with Crippen LogP contribution in [0.25, 0.3) is 0 Å². The van der Waals surface area contributed by atoms with Gasteiger partial charge < -0.3 is 25.2 Å². The van der Waals surface area contributed by atoms with Gasteiger partial charge in [-0.15, -0.1) is 0 Å². The highest BCUT2D eigenvalue weighted by Gasteiger charge is 2.28. The molecule has 0 aromatic carbocycles. The Hall–Kier alpha value is -2.30. The van der Waals surface area contributed by atoms with E-state index in [-0.39, 0.29) is 19.4 Å². The minimum atomic E-state index is -4.71. The molecule has 0 radical (unpaired) electrons. The lowest BCUT2D eigenvalue weighted by atomic mass is 10.0. The topological polar surface area (TPSA) is 172 Å². The molecule has 0 rings (SSSR count). The van der Waals surface area contributed by atoms with E-state index in [1.807, 2.05) is 0 Å². The molecule has 0 aliphatic heterocycles. The molecule has 4 N–H and O–H groups in total. The van der Waals surface area contributed by atoms with Gasteiger partial charge in [0.25, 0.3) is 0 Å². The zero-order chi connectivity index (χ0) is 42.1. The van der Waals surface area contributed by atoms with Crippen LogP contribution in [0.3, 0.4) is 0 Å². The molecular weight excluding hydrogens is 745 g/mol. The number of hydrogen-bond acceptors (Lipinski definition) is 9. The lowest BCUT2D eigenvalue weighted by molar-refractivity contribution is -0.161. The number of unbranched alkanes of at least 4 members (excludes halogenated alkanes) is 22. The summed E-state index contributed by atoms with van der Waals surface area (Å²) in [5, 5.41) is 8.89. The number of carbonyl (C=O) groups is 3. The third kappa shape index (κ3) is 40.3. The first-order chi connectivity index (χ1) is 27.6. The maximum Gasteiger partial charge on any atom is 0.472 e. The molecule has 0 aromatic rings. The Morgan fingerprint density at radius 3 is 1.47 bits per heavy atom. The number of carboxylic acid groups (broad SMARTS) is 1. The van der Waals surface area contributed by atoms with E-state index in [0.29, 0.717) is 12.8 Å². The fourth-order valence-corrected chi connectivity index (χ4v) is 6.92. The van der Waals surface area contributed by atoms with Crippen LogP contribution < -0.4 is 5.73 Å². The van der Waals surface area contributed by atoms with Crippen LogP contribution in [-0.4, -0.2) is 59.9 Å². The fourth-order valence-electron chi connectivity index (χ4n) is 6.14. The maximum atomic E-state index is 12.6. The van der Waals surface area contributed by atoms with Crippen LogP contribution in [0.5, 0.6) is 0 Å². The lowest BCUT2D eigenvalue weighted by Crippen LogP contribution is -2.34.